The van der Waals surface area contributed by atoms with Gasteiger partial charge in [0.15, 0.2) is 6.61 Å². The molecule has 4 rings (SSSR count). The number of halogens is 3. The summed E-state index contributed by atoms with van der Waals surface area (Å²) in [5.41, 5.74) is -0.751. The fourth-order valence-corrected chi connectivity index (χ4v) is 4.01. The summed E-state index contributed by atoms with van der Waals surface area (Å²) in [6.45, 7) is 0.798. The molecule has 0 saturated carbocycles. The van der Waals surface area contributed by atoms with E-state index in [9.17, 15) is 27.6 Å². The highest BCUT2D eigenvalue weighted by molar-refractivity contribution is 5.98. The zero-order valence-electron chi connectivity index (χ0n) is 17.7. The Morgan fingerprint density at radius 1 is 0.909 bits per heavy atom. The number of ether oxygens (including phenoxy) is 1. The highest BCUT2D eigenvalue weighted by atomic mass is 19.4. The molecule has 2 heterocycles. The van der Waals surface area contributed by atoms with Crippen molar-refractivity contribution in [3.05, 3.63) is 59.7 Å². The van der Waals surface area contributed by atoms with Crippen molar-refractivity contribution in [1.29, 1.82) is 0 Å². The summed E-state index contributed by atoms with van der Waals surface area (Å²) in [4.78, 5) is 42.1. The van der Waals surface area contributed by atoms with Gasteiger partial charge in [-0.15, -0.1) is 0 Å². The third-order valence-corrected chi connectivity index (χ3v) is 5.74. The van der Waals surface area contributed by atoms with E-state index >= 15 is 0 Å². The first-order chi connectivity index (χ1) is 15.8. The normalized spacial score (nSPS) is 16.3. The molecule has 33 heavy (non-hydrogen) atoms. The minimum absolute atomic E-state index is 0.0882. The molecule has 0 bridgehead atoms. The van der Waals surface area contributed by atoms with Gasteiger partial charge in [-0.1, -0.05) is 24.3 Å². The zero-order valence-corrected chi connectivity index (χ0v) is 17.7. The van der Waals surface area contributed by atoms with Crippen LogP contribution in [0.15, 0.2) is 48.5 Å². The summed E-state index contributed by atoms with van der Waals surface area (Å²) in [6.07, 6.45) is -4.54. The molecule has 0 spiro atoms. The maximum atomic E-state index is 13.2. The number of para-hydroxylation sites is 2. The molecule has 1 fully saturated rings. The molecule has 10 heteroatoms. The number of piperazine rings is 1. The number of hydrogen-bond acceptors (Lipinski definition) is 4. The standard InChI is InChI=1S/C23H22F3N3O4/c24-23(25,26)17-6-2-1-5-16(17)22(32)28-13-11-27(12-14-28)20(30)9-10-29-18-7-3-4-8-19(18)33-15-21(29)31/h1-8H,9-15H2. The number of rotatable bonds is 4. The van der Waals surface area contributed by atoms with E-state index in [1.807, 2.05) is 0 Å². The molecule has 0 aromatic heterocycles. The minimum Gasteiger partial charge on any atom is -0.482 e. The second-order valence-corrected chi connectivity index (χ2v) is 7.77. The smallest absolute Gasteiger partial charge is 0.417 e. The second kappa shape index (κ2) is 9.13. The van der Waals surface area contributed by atoms with E-state index < -0.39 is 23.2 Å². The van der Waals surface area contributed by atoms with E-state index in [0.29, 0.717) is 11.4 Å². The van der Waals surface area contributed by atoms with Crippen molar-refractivity contribution in [3.63, 3.8) is 0 Å². The molecule has 1 saturated heterocycles. The molecule has 2 aliphatic rings. The Balaban J connectivity index is 1.34. The van der Waals surface area contributed by atoms with Gasteiger partial charge in [0.2, 0.25) is 5.91 Å². The van der Waals surface area contributed by atoms with Crippen LogP contribution >= 0.6 is 0 Å². The molecule has 0 aliphatic carbocycles. The van der Waals surface area contributed by atoms with Crippen LogP contribution in [-0.4, -0.2) is 66.9 Å². The summed E-state index contributed by atoms with van der Waals surface area (Å²) in [6, 6.07) is 11.8. The number of nitrogens with zero attached hydrogens (tertiary/aromatic N) is 3. The largest absolute Gasteiger partial charge is 0.482 e. The fourth-order valence-electron chi connectivity index (χ4n) is 4.01. The SMILES string of the molecule is O=C(CCN1C(=O)COc2ccccc21)N1CCN(C(=O)c2ccccc2C(F)(F)F)CC1. The summed E-state index contributed by atoms with van der Waals surface area (Å²) in [5, 5.41) is 0. The molecule has 2 aromatic rings. The molecule has 2 aliphatic heterocycles. The quantitative estimate of drug-likeness (QED) is 0.702. The monoisotopic (exact) mass is 461 g/mol. The van der Waals surface area contributed by atoms with E-state index in [1.54, 1.807) is 29.2 Å². The average Bonchev–Trinajstić information content (AvgIpc) is 2.82. The van der Waals surface area contributed by atoms with Gasteiger partial charge >= 0.3 is 6.18 Å². The summed E-state index contributed by atoms with van der Waals surface area (Å²) >= 11 is 0. The lowest BCUT2D eigenvalue weighted by Gasteiger charge is -2.36. The number of carbonyl (C=O) groups is 3. The van der Waals surface area contributed by atoms with Crippen LogP contribution in [0.25, 0.3) is 0 Å². The van der Waals surface area contributed by atoms with Crippen molar-refractivity contribution < 1.29 is 32.3 Å². The van der Waals surface area contributed by atoms with Gasteiger partial charge in [0.25, 0.3) is 11.8 Å². The van der Waals surface area contributed by atoms with Crippen LogP contribution < -0.4 is 9.64 Å². The van der Waals surface area contributed by atoms with E-state index in [-0.39, 0.29) is 57.6 Å². The molecular weight excluding hydrogens is 439 g/mol. The Kier molecular flexibility index (Phi) is 6.26. The summed E-state index contributed by atoms with van der Waals surface area (Å²) in [7, 11) is 0. The molecule has 2 aromatic carbocycles. The van der Waals surface area contributed by atoms with Crippen molar-refractivity contribution in [2.45, 2.75) is 12.6 Å². The Bertz CT molecular complexity index is 1060. The number of carbonyl (C=O) groups excluding carboxylic acids is 3. The van der Waals surface area contributed by atoms with Gasteiger partial charge in [0.1, 0.15) is 5.75 Å². The van der Waals surface area contributed by atoms with Crippen molar-refractivity contribution >= 4 is 23.4 Å². The molecule has 3 amide bonds. The van der Waals surface area contributed by atoms with Crippen molar-refractivity contribution in [2.75, 3.05) is 44.2 Å². The van der Waals surface area contributed by atoms with Crippen LogP contribution in [-0.2, 0) is 15.8 Å². The second-order valence-electron chi connectivity index (χ2n) is 7.77. The Hall–Kier alpha value is -3.56. The lowest BCUT2D eigenvalue weighted by molar-refractivity contribution is -0.138. The van der Waals surface area contributed by atoms with Crippen molar-refractivity contribution in [1.82, 2.24) is 9.80 Å². The van der Waals surface area contributed by atoms with Crippen molar-refractivity contribution in [2.24, 2.45) is 0 Å². The zero-order chi connectivity index (χ0) is 23.6. The first-order valence-corrected chi connectivity index (χ1v) is 10.5. The van der Waals surface area contributed by atoms with Crippen LogP contribution in [0.1, 0.15) is 22.3 Å². The molecular formula is C23H22F3N3O4. The van der Waals surface area contributed by atoms with Gasteiger partial charge in [-0.3, -0.25) is 14.4 Å². The minimum atomic E-state index is -4.63. The Labute approximate surface area is 188 Å². The summed E-state index contributed by atoms with van der Waals surface area (Å²) in [5.74, 6) is -0.545. The van der Waals surface area contributed by atoms with Crippen LogP contribution in [0, 0.1) is 0 Å². The van der Waals surface area contributed by atoms with Crippen LogP contribution in [0.4, 0.5) is 18.9 Å². The highest BCUT2D eigenvalue weighted by Gasteiger charge is 2.36. The highest BCUT2D eigenvalue weighted by Crippen LogP contribution is 2.33. The lowest BCUT2D eigenvalue weighted by atomic mass is 10.1. The third kappa shape index (κ3) is 4.79. The number of fused-ring (bicyclic) bond motifs is 1. The van der Waals surface area contributed by atoms with Crippen LogP contribution in [0.2, 0.25) is 0 Å². The van der Waals surface area contributed by atoms with Gasteiger partial charge in [-0.05, 0) is 24.3 Å². The van der Waals surface area contributed by atoms with E-state index in [4.69, 9.17) is 4.74 Å². The third-order valence-electron chi connectivity index (χ3n) is 5.74. The number of amides is 3. The average molecular weight is 461 g/mol. The number of anilines is 1. The molecule has 174 valence electrons. The predicted molar refractivity (Wildman–Crippen MR) is 113 cm³/mol. The first kappa shape index (κ1) is 22.6. The molecule has 0 atom stereocenters. The van der Waals surface area contributed by atoms with Gasteiger partial charge in [0, 0.05) is 39.1 Å². The Morgan fingerprint density at radius 3 is 2.27 bits per heavy atom. The first-order valence-electron chi connectivity index (χ1n) is 10.5. The molecule has 7 nitrogen and oxygen atoms in total. The van der Waals surface area contributed by atoms with Gasteiger partial charge in [-0.25, -0.2) is 0 Å². The van der Waals surface area contributed by atoms with E-state index in [0.717, 1.165) is 6.07 Å². The van der Waals surface area contributed by atoms with Crippen LogP contribution in [0.3, 0.4) is 0 Å². The van der Waals surface area contributed by atoms with Gasteiger partial charge in [-0.2, -0.15) is 13.2 Å². The predicted octanol–water partition coefficient (Wildman–Crippen LogP) is 2.81. The molecule has 0 unspecified atom stereocenters. The topological polar surface area (TPSA) is 70.2 Å². The van der Waals surface area contributed by atoms with E-state index in [2.05, 4.69) is 0 Å². The molecule has 0 radical (unpaired) electrons. The van der Waals surface area contributed by atoms with Gasteiger partial charge in [0.05, 0.1) is 16.8 Å². The fraction of sp³-hybridized carbons (Fsp3) is 0.348. The maximum Gasteiger partial charge on any atom is 0.417 e. The van der Waals surface area contributed by atoms with Gasteiger partial charge < -0.3 is 19.4 Å². The number of hydrogen-bond donors (Lipinski definition) is 0. The van der Waals surface area contributed by atoms with E-state index in [1.165, 1.54) is 28.0 Å². The maximum absolute atomic E-state index is 13.2. The summed E-state index contributed by atoms with van der Waals surface area (Å²) < 4.78 is 45.1. The molecule has 0 N–H and O–H groups in total. The number of benzene rings is 2. The van der Waals surface area contributed by atoms with Crippen LogP contribution in [0.5, 0.6) is 5.75 Å². The lowest BCUT2D eigenvalue weighted by Crippen LogP contribution is -2.51. The Morgan fingerprint density at radius 2 is 1.55 bits per heavy atom. The number of alkyl halides is 3. The van der Waals surface area contributed by atoms with Crippen molar-refractivity contribution in [3.8, 4) is 5.75 Å².